The molecule has 0 atom stereocenters. The maximum Gasteiger partial charge on any atom is 0.259 e. The van der Waals surface area contributed by atoms with E-state index in [0.29, 0.717) is 60.1 Å². The third kappa shape index (κ3) is 2.39. The number of carbonyl (C=O) groups is 1. The Bertz CT molecular complexity index is 848. The molecule has 0 unspecified atom stereocenters. The van der Waals surface area contributed by atoms with Gasteiger partial charge in [0.2, 0.25) is 0 Å². The van der Waals surface area contributed by atoms with Crippen molar-refractivity contribution in [3.63, 3.8) is 0 Å². The Morgan fingerprint density at radius 2 is 2.13 bits per heavy atom. The minimum atomic E-state index is -0.0696. The lowest BCUT2D eigenvalue weighted by molar-refractivity contribution is 0.0304. The molecule has 23 heavy (non-hydrogen) atoms. The molecule has 4 rings (SSSR count). The van der Waals surface area contributed by atoms with Gasteiger partial charge >= 0.3 is 0 Å². The molecule has 3 aromatic heterocycles. The van der Waals surface area contributed by atoms with E-state index in [9.17, 15) is 4.79 Å². The molecule has 0 radical (unpaired) electrons. The van der Waals surface area contributed by atoms with Crippen molar-refractivity contribution in [2.75, 3.05) is 26.3 Å². The number of nitrogens with zero attached hydrogens (tertiary/aromatic N) is 3. The number of pyridine rings is 1. The fourth-order valence-corrected chi connectivity index (χ4v) is 2.75. The van der Waals surface area contributed by atoms with E-state index in [0.717, 1.165) is 0 Å². The first kappa shape index (κ1) is 14.0. The van der Waals surface area contributed by atoms with E-state index < -0.39 is 0 Å². The first-order valence-corrected chi connectivity index (χ1v) is 7.42. The summed E-state index contributed by atoms with van der Waals surface area (Å²) in [7, 11) is 0. The predicted molar refractivity (Wildman–Crippen MR) is 81.0 cm³/mol. The molecule has 1 saturated heterocycles. The van der Waals surface area contributed by atoms with Crippen molar-refractivity contribution in [3.8, 4) is 11.5 Å². The van der Waals surface area contributed by atoms with Crippen molar-refractivity contribution < 1.29 is 18.5 Å². The smallest absolute Gasteiger partial charge is 0.259 e. The van der Waals surface area contributed by atoms with Crippen LogP contribution < -0.4 is 0 Å². The molecule has 4 heterocycles. The lowest BCUT2D eigenvalue weighted by Crippen LogP contribution is -2.40. The molecule has 0 N–H and O–H groups in total. The van der Waals surface area contributed by atoms with Gasteiger partial charge in [-0.05, 0) is 25.1 Å². The van der Waals surface area contributed by atoms with Crippen molar-refractivity contribution in [1.82, 2.24) is 15.0 Å². The third-order valence-electron chi connectivity index (χ3n) is 3.92. The van der Waals surface area contributed by atoms with E-state index in [-0.39, 0.29) is 5.91 Å². The van der Waals surface area contributed by atoms with Crippen LogP contribution in [0.15, 0.2) is 33.4 Å². The Balaban J connectivity index is 1.85. The van der Waals surface area contributed by atoms with Crippen molar-refractivity contribution >= 4 is 17.0 Å². The van der Waals surface area contributed by atoms with E-state index in [1.807, 2.05) is 0 Å². The molecule has 7 nitrogen and oxygen atoms in total. The normalized spacial score (nSPS) is 15.3. The van der Waals surface area contributed by atoms with Gasteiger partial charge in [0.05, 0.1) is 36.1 Å². The molecule has 7 heteroatoms. The number of aromatic nitrogens is 2. The highest BCUT2D eigenvalue weighted by Crippen LogP contribution is 2.28. The zero-order valence-electron chi connectivity index (χ0n) is 12.6. The quantitative estimate of drug-likeness (QED) is 0.722. The highest BCUT2D eigenvalue weighted by molar-refractivity contribution is 6.06. The van der Waals surface area contributed by atoms with Gasteiger partial charge < -0.3 is 18.6 Å². The molecule has 0 aliphatic carbocycles. The number of rotatable bonds is 2. The number of amides is 1. The van der Waals surface area contributed by atoms with Crippen LogP contribution in [-0.4, -0.2) is 47.3 Å². The first-order valence-electron chi connectivity index (χ1n) is 7.42. The third-order valence-corrected chi connectivity index (χ3v) is 3.92. The zero-order valence-corrected chi connectivity index (χ0v) is 12.6. The highest BCUT2D eigenvalue weighted by atomic mass is 16.5. The van der Waals surface area contributed by atoms with Gasteiger partial charge in [0.1, 0.15) is 5.69 Å². The molecule has 1 amide bonds. The largest absolute Gasteiger partial charge is 0.463 e. The van der Waals surface area contributed by atoms with Gasteiger partial charge in [-0.2, -0.15) is 0 Å². The van der Waals surface area contributed by atoms with Crippen LogP contribution in [0.25, 0.3) is 22.6 Å². The fourth-order valence-electron chi connectivity index (χ4n) is 2.75. The van der Waals surface area contributed by atoms with E-state index >= 15 is 0 Å². The Hall–Kier alpha value is -2.67. The predicted octanol–water partition coefficient (Wildman–Crippen LogP) is 2.26. The van der Waals surface area contributed by atoms with Crippen LogP contribution >= 0.6 is 0 Å². The number of hydrogen-bond acceptors (Lipinski definition) is 6. The number of carbonyl (C=O) groups excluding carboxylic acids is 1. The molecule has 1 fully saturated rings. The zero-order chi connectivity index (χ0) is 15.8. The summed E-state index contributed by atoms with van der Waals surface area (Å²) in [6.07, 6.45) is 1.57. The molecule has 0 spiro atoms. The number of morpholine rings is 1. The summed E-state index contributed by atoms with van der Waals surface area (Å²) >= 11 is 0. The van der Waals surface area contributed by atoms with Crippen LogP contribution in [-0.2, 0) is 4.74 Å². The maximum atomic E-state index is 12.9. The second kappa shape index (κ2) is 5.51. The minimum Gasteiger partial charge on any atom is -0.463 e. The van der Waals surface area contributed by atoms with Crippen LogP contribution in [0.2, 0.25) is 0 Å². The van der Waals surface area contributed by atoms with Crippen LogP contribution in [0.5, 0.6) is 0 Å². The summed E-state index contributed by atoms with van der Waals surface area (Å²) in [5.41, 5.74) is 2.07. The lowest BCUT2D eigenvalue weighted by atomic mass is 10.1. The van der Waals surface area contributed by atoms with Gasteiger partial charge in [0.15, 0.2) is 5.76 Å². The first-order chi connectivity index (χ1) is 11.2. The molecule has 1 aliphatic heterocycles. The van der Waals surface area contributed by atoms with E-state index in [1.165, 1.54) is 0 Å². The molecule has 0 aromatic carbocycles. The van der Waals surface area contributed by atoms with Crippen molar-refractivity contribution in [2.45, 2.75) is 6.92 Å². The summed E-state index contributed by atoms with van der Waals surface area (Å²) in [4.78, 5) is 19.1. The average molecular weight is 313 g/mol. The van der Waals surface area contributed by atoms with E-state index in [2.05, 4.69) is 10.1 Å². The lowest BCUT2D eigenvalue weighted by Gasteiger charge is -2.27. The average Bonchev–Trinajstić information content (AvgIpc) is 3.25. The van der Waals surface area contributed by atoms with Crippen LogP contribution in [0.3, 0.4) is 0 Å². The second-order valence-corrected chi connectivity index (χ2v) is 5.39. The summed E-state index contributed by atoms with van der Waals surface area (Å²) in [5, 5.41) is 4.59. The Labute approximate surface area is 131 Å². The Morgan fingerprint density at radius 1 is 1.30 bits per heavy atom. The summed E-state index contributed by atoms with van der Waals surface area (Å²) < 4.78 is 16.0. The molecular weight excluding hydrogens is 298 g/mol. The molecule has 3 aromatic rings. The van der Waals surface area contributed by atoms with Gasteiger partial charge in [-0.3, -0.25) is 4.79 Å². The van der Waals surface area contributed by atoms with Gasteiger partial charge in [0, 0.05) is 13.1 Å². The Kier molecular flexibility index (Phi) is 3.34. The molecule has 1 aliphatic rings. The van der Waals surface area contributed by atoms with Gasteiger partial charge in [-0.25, -0.2) is 4.98 Å². The SMILES string of the molecule is Cc1noc2nc(-c3ccco3)cc(C(=O)N3CCOCC3)c12. The van der Waals surface area contributed by atoms with Gasteiger partial charge in [-0.1, -0.05) is 5.16 Å². The maximum absolute atomic E-state index is 12.9. The standard InChI is InChI=1S/C16H15N3O4/c1-10-14-11(16(20)19-4-7-21-8-5-19)9-12(13-3-2-6-22-13)17-15(14)23-18-10/h2-3,6,9H,4-5,7-8H2,1H3. The van der Waals surface area contributed by atoms with Crippen LogP contribution in [0, 0.1) is 6.92 Å². The number of fused-ring (bicyclic) bond motifs is 1. The van der Waals surface area contributed by atoms with Crippen LogP contribution in [0.1, 0.15) is 16.1 Å². The topological polar surface area (TPSA) is 81.6 Å². The number of ether oxygens (including phenoxy) is 1. The molecule has 0 saturated carbocycles. The summed E-state index contributed by atoms with van der Waals surface area (Å²) in [6, 6.07) is 5.31. The summed E-state index contributed by atoms with van der Waals surface area (Å²) in [6.45, 7) is 4.05. The molecule has 118 valence electrons. The van der Waals surface area contributed by atoms with Gasteiger partial charge in [-0.15, -0.1) is 0 Å². The van der Waals surface area contributed by atoms with Crippen LogP contribution in [0.4, 0.5) is 0 Å². The number of hydrogen-bond donors (Lipinski definition) is 0. The van der Waals surface area contributed by atoms with Crippen molar-refractivity contribution in [2.24, 2.45) is 0 Å². The second-order valence-electron chi connectivity index (χ2n) is 5.39. The number of aryl methyl sites for hydroxylation is 1. The minimum absolute atomic E-state index is 0.0696. The monoisotopic (exact) mass is 313 g/mol. The van der Waals surface area contributed by atoms with E-state index in [1.54, 1.807) is 36.3 Å². The Morgan fingerprint density at radius 3 is 2.87 bits per heavy atom. The molecular formula is C16H15N3O4. The number of furan rings is 1. The fraction of sp³-hybridized carbons (Fsp3) is 0.312. The van der Waals surface area contributed by atoms with Crippen molar-refractivity contribution in [1.29, 1.82) is 0 Å². The summed E-state index contributed by atoms with van der Waals surface area (Å²) in [5.74, 6) is 0.511. The van der Waals surface area contributed by atoms with Crippen molar-refractivity contribution in [3.05, 3.63) is 35.7 Å². The highest BCUT2D eigenvalue weighted by Gasteiger charge is 2.25. The van der Waals surface area contributed by atoms with E-state index in [4.69, 9.17) is 13.7 Å². The van der Waals surface area contributed by atoms with Gasteiger partial charge in [0.25, 0.3) is 11.6 Å². The molecule has 0 bridgehead atoms.